The molecular formula is C17H31N3O. The molecule has 0 aromatic rings. The van der Waals surface area contributed by atoms with Gasteiger partial charge in [-0.1, -0.05) is 26.7 Å². The molecule has 0 saturated carbocycles. The first-order valence-corrected chi connectivity index (χ1v) is 8.31. The number of carbonyl (C=O) groups is 1. The topological polar surface area (TPSA) is 44.4 Å². The molecule has 2 N–H and O–H groups in total. The molecule has 4 nitrogen and oxygen atoms in total. The van der Waals surface area contributed by atoms with Gasteiger partial charge in [-0.25, -0.2) is 0 Å². The van der Waals surface area contributed by atoms with E-state index in [0.717, 1.165) is 39.0 Å². The van der Waals surface area contributed by atoms with Gasteiger partial charge in [0.1, 0.15) is 5.54 Å². The van der Waals surface area contributed by atoms with Crippen molar-refractivity contribution >= 4 is 5.91 Å². The number of carbonyl (C=O) groups excluding carboxylic acids is 1. The standard InChI is InChI=1S/C17H31N3O/c1-5-17(6-2,7-3)19-16(21)14-20(8-4)13-15-9-11-18-12-10-15/h1,15,18H,6-14H2,2-4H3,(H,19,21). The smallest absolute Gasteiger partial charge is 0.235 e. The quantitative estimate of drug-likeness (QED) is 0.668. The number of hydrogen-bond acceptors (Lipinski definition) is 3. The summed E-state index contributed by atoms with van der Waals surface area (Å²) in [6, 6.07) is 0. The minimum atomic E-state index is -0.481. The highest BCUT2D eigenvalue weighted by Gasteiger charge is 2.26. The zero-order chi connectivity index (χ0) is 15.7. The van der Waals surface area contributed by atoms with Gasteiger partial charge in [-0.05, 0) is 51.2 Å². The molecule has 0 aromatic heterocycles. The predicted molar refractivity (Wildman–Crippen MR) is 88.0 cm³/mol. The third kappa shape index (κ3) is 5.68. The van der Waals surface area contributed by atoms with Crippen LogP contribution in [-0.2, 0) is 4.79 Å². The Balaban J connectivity index is 2.48. The molecule has 1 heterocycles. The predicted octanol–water partition coefficient (Wildman–Crippen LogP) is 1.62. The molecule has 1 saturated heterocycles. The summed E-state index contributed by atoms with van der Waals surface area (Å²) in [6.07, 6.45) is 9.55. The molecule has 0 bridgehead atoms. The number of nitrogens with zero attached hydrogens (tertiary/aromatic N) is 1. The molecule has 4 heteroatoms. The average Bonchev–Trinajstić information content (AvgIpc) is 2.53. The SMILES string of the molecule is C#CC(CC)(CC)NC(=O)CN(CC)CC1CCNCC1. The van der Waals surface area contributed by atoms with E-state index in [9.17, 15) is 4.79 Å². The molecule has 0 spiro atoms. The minimum absolute atomic E-state index is 0.0486. The van der Waals surface area contributed by atoms with Crippen molar-refractivity contribution in [2.24, 2.45) is 5.92 Å². The van der Waals surface area contributed by atoms with Crippen LogP contribution in [0.2, 0.25) is 0 Å². The summed E-state index contributed by atoms with van der Waals surface area (Å²) in [4.78, 5) is 14.5. The number of nitrogens with one attached hydrogen (secondary N) is 2. The summed E-state index contributed by atoms with van der Waals surface area (Å²) in [5.74, 6) is 3.51. The van der Waals surface area contributed by atoms with Crippen molar-refractivity contribution in [3.63, 3.8) is 0 Å². The van der Waals surface area contributed by atoms with Crippen LogP contribution in [0.1, 0.15) is 46.5 Å². The molecule has 0 unspecified atom stereocenters. The van der Waals surface area contributed by atoms with Crippen LogP contribution in [0.4, 0.5) is 0 Å². The second-order valence-electron chi connectivity index (χ2n) is 6.00. The maximum Gasteiger partial charge on any atom is 0.235 e. The Morgan fingerprint density at radius 1 is 1.33 bits per heavy atom. The molecule has 1 aliphatic heterocycles. The first-order chi connectivity index (χ1) is 10.1. The molecule has 0 atom stereocenters. The fourth-order valence-electron chi connectivity index (χ4n) is 2.91. The van der Waals surface area contributed by atoms with Gasteiger partial charge in [0.2, 0.25) is 5.91 Å². The van der Waals surface area contributed by atoms with E-state index in [-0.39, 0.29) is 5.91 Å². The number of hydrogen-bond donors (Lipinski definition) is 2. The van der Waals surface area contributed by atoms with Crippen molar-refractivity contribution in [3.8, 4) is 12.3 Å². The van der Waals surface area contributed by atoms with Gasteiger partial charge >= 0.3 is 0 Å². The Hall–Kier alpha value is -1.05. The van der Waals surface area contributed by atoms with Crippen LogP contribution in [0.15, 0.2) is 0 Å². The van der Waals surface area contributed by atoms with Gasteiger partial charge in [-0.15, -0.1) is 6.42 Å². The van der Waals surface area contributed by atoms with Gasteiger partial charge in [0.15, 0.2) is 0 Å². The van der Waals surface area contributed by atoms with Crippen LogP contribution in [-0.4, -0.2) is 49.1 Å². The lowest BCUT2D eigenvalue weighted by molar-refractivity contribution is -0.123. The third-order valence-corrected chi connectivity index (χ3v) is 4.65. The molecule has 0 aromatic carbocycles. The van der Waals surface area contributed by atoms with Gasteiger partial charge in [0.05, 0.1) is 6.54 Å². The fraction of sp³-hybridized carbons (Fsp3) is 0.824. The Kier molecular flexibility index (Phi) is 7.77. The molecule has 1 aliphatic rings. The number of rotatable bonds is 8. The van der Waals surface area contributed by atoms with E-state index >= 15 is 0 Å². The highest BCUT2D eigenvalue weighted by atomic mass is 16.2. The molecule has 1 fully saturated rings. The van der Waals surface area contributed by atoms with E-state index in [1.54, 1.807) is 0 Å². The Labute approximate surface area is 130 Å². The molecule has 120 valence electrons. The van der Waals surface area contributed by atoms with Gasteiger partial charge in [-0.3, -0.25) is 9.69 Å². The van der Waals surface area contributed by atoms with Crippen molar-refractivity contribution in [3.05, 3.63) is 0 Å². The summed E-state index contributed by atoms with van der Waals surface area (Å²) in [5, 5.41) is 6.43. The van der Waals surface area contributed by atoms with Crippen LogP contribution < -0.4 is 10.6 Å². The number of amides is 1. The molecule has 1 rings (SSSR count). The second-order valence-corrected chi connectivity index (χ2v) is 6.00. The van der Waals surface area contributed by atoms with Crippen LogP contribution in [0.5, 0.6) is 0 Å². The van der Waals surface area contributed by atoms with E-state index < -0.39 is 5.54 Å². The van der Waals surface area contributed by atoms with Gasteiger partial charge in [0.25, 0.3) is 0 Å². The molecule has 21 heavy (non-hydrogen) atoms. The van der Waals surface area contributed by atoms with E-state index in [0.29, 0.717) is 12.5 Å². The lowest BCUT2D eigenvalue weighted by Gasteiger charge is -2.31. The zero-order valence-corrected chi connectivity index (χ0v) is 13.9. The maximum absolute atomic E-state index is 12.3. The van der Waals surface area contributed by atoms with Crippen molar-refractivity contribution in [1.82, 2.24) is 15.5 Å². The van der Waals surface area contributed by atoms with E-state index in [1.165, 1.54) is 12.8 Å². The van der Waals surface area contributed by atoms with E-state index in [1.807, 2.05) is 13.8 Å². The Morgan fingerprint density at radius 3 is 2.43 bits per heavy atom. The monoisotopic (exact) mass is 293 g/mol. The first kappa shape index (κ1) is 18.0. The van der Waals surface area contributed by atoms with Crippen LogP contribution in [0.25, 0.3) is 0 Å². The minimum Gasteiger partial charge on any atom is -0.339 e. The third-order valence-electron chi connectivity index (χ3n) is 4.65. The molecular weight excluding hydrogens is 262 g/mol. The lowest BCUT2D eigenvalue weighted by atomic mass is 9.94. The van der Waals surface area contributed by atoms with Crippen molar-refractivity contribution in [2.45, 2.75) is 52.0 Å². The second kappa shape index (κ2) is 9.07. The van der Waals surface area contributed by atoms with Gasteiger partial charge in [0, 0.05) is 6.54 Å². The molecule has 0 radical (unpaired) electrons. The van der Waals surface area contributed by atoms with E-state index in [4.69, 9.17) is 6.42 Å². The van der Waals surface area contributed by atoms with Gasteiger partial charge < -0.3 is 10.6 Å². The van der Waals surface area contributed by atoms with Gasteiger partial charge in [-0.2, -0.15) is 0 Å². The van der Waals surface area contributed by atoms with Crippen LogP contribution in [0.3, 0.4) is 0 Å². The summed E-state index contributed by atoms with van der Waals surface area (Å²) in [7, 11) is 0. The summed E-state index contributed by atoms with van der Waals surface area (Å²) < 4.78 is 0. The largest absolute Gasteiger partial charge is 0.339 e. The maximum atomic E-state index is 12.3. The summed E-state index contributed by atoms with van der Waals surface area (Å²) in [5.41, 5.74) is -0.481. The zero-order valence-electron chi connectivity index (χ0n) is 13.9. The highest BCUT2D eigenvalue weighted by molar-refractivity contribution is 5.79. The fourth-order valence-corrected chi connectivity index (χ4v) is 2.91. The molecule has 0 aliphatic carbocycles. The van der Waals surface area contributed by atoms with Crippen LogP contribution >= 0.6 is 0 Å². The first-order valence-electron chi connectivity index (χ1n) is 8.31. The highest BCUT2D eigenvalue weighted by Crippen LogP contribution is 2.15. The van der Waals surface area contributed by atoms with E-state index in [2.05, 4.69) is 28.4 Å². The lowest BCUT2D eigenvalue weighted by Crippen LogP contribution is -2.50. The normalized spacial score (nSPS) is 16.7. The average molecular weight is 293 g/mol. The van der Waals surface area contributed by atoms with Crippen molar-refractivity contribution in [2.75, 3.05) is 32.7 Å². The number of terminal acetylenes is 1. The Bertz CT molecular complexity index is 352. The van der Waals surface area contributed by atoms with Crippen LogP contribution in [0, 0.1) is 18.3 Å². The molecule has 1 amide bonds. The number of piperidine rings is 1. The Morgan fingerprint density at radius 2 is 1.95 bits per heavy atom. The summed E-state index contributed by atoms with van der Waals surface area (Å²) in [6.45, 7) is 10.7. The van der Waals surface area contributed by atoms with Crippen molar-refractivity contribution in [1.29, 1.82) is 0 Å². The summed E-state index contributed by atoms with van der Waals surface area (Å²) >= 11 is 0. The number of likely N-dealkylation sites (N-methyl/N-ethyl adjacent to an activating group) is 1. The van der Waals surface area contributed by atoms with Crippen molar-refractivity contribution < 1.29 is 4.79 Å².